The summed E-state index contributed by atoms with van der Waals surface area (Å²) in [5.74, 6) is -0.123. The van der Waals surface area contributed by atoms with Crippen molar-refractivity contribution in [1.82, 2.24) is 0 Å². The Balaban J connectivity index is 1.90. The molecule has 6 heteroatoms. The van der Waals surface area contributed by atoms with Gasteiger partial charge in [-0.3, -0.25) is 4.79 Å². The number of hydrogen-bond donors (Lipinski definition) is 2. The zero-order valence-electron chi connectivity index (χ0n) is 10.3. The Bertz CT molecular complexity index is 634. The molecule has 0 atom stereocenters. The van der Waals surface area contributed by atoms with Gasteiger partial charge in [0, 0.05) is 20.3 Å². The summed E-state index contributed by atoms with van der Waals surface area (Å²) in [4.78, 5) is 11.8. The van der Waals surface area contributed by atoms with Crippen LogP contribution in [0.25, 0.3) is 0 Å². The maximum absolute atomic E-state index is 11.8. The van der Waals surface area contributed by atoms with E-state index in [1.165, 1.54) is 0 Å². The Kier molecular flexibility index (Phi) is 5.46. The number of hydrogen-bond acceptors (Lipinski definition) is 2. The van der Waals surface area contributed by atoms with Gasteiger partial charge in [0.1, 0.15) is 0 Å². The first-order valence-corrected chi connectivity index (χ1v) is 7.75. The minimum absolute atomic E-state index is 0.123. The molecule has 0 aliphatic heterocycles. The Morgan fingerprint density at radius 1 is 1.10 bits per heavy atom. The number of nitrogens with one attached hydrogen (secondary N) is 2. The van der Waals surface area contributed by atoms with Crippen LogP contribution in [0.4, 0.5) is 11.4 Å². The molecule has 0 spiro atoms. The second-order valence-electron chi connectivity index (χ2n) is 4.04. The van der Waals surface area contributed by atoms with Crippen LogP contribution in [0.5, 0.6) is 0 Å². The van der Waals surface area contributed by atoms with Crippen LogP contribution >= 0.6 is 43.5 Å². The zero-order valence-corrected chi connectivity index (χ0v) is 14.2. The van der Waals surface area contributed by atoms with Crippen LogP contribution in [0.2, 0.25) is 5.02 Å². The molecule has 0 aliphatic carbocycles. The lowest BCUT2D eigenvalue weighted by atomic mass is 10.3. The third-order valence-corrected chi connectivity index (χ3v) is 4.21. The molecule has 0 saturated heterocycles. The van der Waals surface area contributed by atoms with E-state index in [1.807, 2.05) is 36.4 Å². The maximum atomic E-state index is 11.8. The smallest absolute Gasteiger partial charge is 0.243 e. The molecule has 0 unspecified atom stereocenters. The Morgan fingerprint density at radius 2 is 1.90 bits per heavy atom. The van der Waals surface area contributed by atoms with Crippen molar-refractivity contribution < 1.29 is 4.79 Å². The van der Waals surface area contributed by atoms with Gasteiger partial charge in [0.15, 0.2) is 0 Å². The zero-order chi connectivity index (χ0) is 14.5. The van der Waals surface area contributed by atoms with Crippen molar-refractivity contribution in [3.63, 3.8) is 0 Å². The highest BCUT2D eigenvalue weighted by molar-refractivity contribution is 9.10. The average molecular weight is 419 g/mol. The standard InChI is InChI=1S/C14H11Br2ClN2O/c15-9-2-1-3-11(6-9)19-14(20)8-18-10-4-5-12(16)13(17)7-10/h1-7,18H,8H2,(H,19,20). The third-order valence-electron chi connectivity index (χ3n) is 2.48. The summed E-state index contributed by atoms with van der Waals surface area (Å²) in [5.41, 5.74) is 1.54. The van der Waals surface area contributed by atoms with Crippen molar-refractivity contribution in [2.75, 3.05) is 17.2 Å². The minimum atomic E-state index is -0.123. The third kappa shape index (κ3) is 4.51. The number of anilines is 2. The summed E-state index contributed by atoms with van der Waals surface area (Å²) in [5, 5.41) is 6.42. The fourth-order valence-corrected chi connectivity index (χ4v) is 2.39. The number of rotatable bonds is 4. The molecule has 1 amide bonds. The maximum Gasteiger partial charge on any atom is 0.243 e. The van der Waals surface area contributed by atoms with Gasteiger partial charge < -0.3 is 10.6 Å². The number of carbonyl (C=O) groups excluding carboxylic acids is 1. The summed E-state index contributed by atoms with van der Waals surface area (Å²) >= 11 is 12.7. The van der Waals surface area contributed by atoms with Gasteiger partial charge in [-0.1, -0.05) is 33.6 Å². The van der Waals surface area contributed by atoms with Crippen LogP contribution in [-0.4, -0.2) is 12.5 Å². The molecule has 0 fully saturated rings. The van der Waals surface area contributed by atoms with E-state index in [-0.39, 0.29) is 12.5 Å². The van der Waals surface area contributed by atoms with Crippen LogP contribution in [0.15, 0.2) is 51.4 Å². The topological polar surface area (TPSA) is 41.1 Å². The molecular weight excluding hydrogens is 407 g/mol. The molecule has 0 radical (unpaired) electrons. The number of amides is 1. The number of halogens is 3. The van der Waals surface area contributed by atoms with Gasteiger partial charge in [-0.2, -0.15) is 0 Å². The van der Waals surface area contributed by atoms with Gasteiger partial charge in [0.25, 0.3) is 0 Å². The van der Waals surface area contributed by atoms with E-state index in [2.05, 4.69) is 42.5 Å². The van der Waals surface area contributed by atoms with E-state index >= 15 is 0 Å². The quantitative estimate of drug-likeness (QED) is 0.740. The van der Waals surface area contributed by atoms with Crippen LogP contribution in [-0.2, 0) is 4.79 Å². The van der Waals surface area contributed by atoms with Crippen molar-refractivity contribution in [3.05, 3.63) is 56.4 Å². The molecule has 0 aromatic heterocycles. The Hall–Kier alpha value is -1.04. The van der Waals surface area contributed by atoms with Gasteiger partial charge in [0.05, 0.1) is 11.6 Å². The van der Waals surface area contributed by atoms with Crippen molar-refractivity contribution >= 4 is 60.7 Å². The normalized spacial score (nSPS) is 10.2. The van der Waals surface area contributed by atoms with E-state index < -0.39 is 0 Å². The van der Waals surface area contributed by atoms with Crippen LogP contribution in [0.1, 0.15) is 0 Å². The molecule has 0 bridgehead atoms. The van der Waals surface area contributed by atoms with E-state index in [0.29, 0.717) is 5.02 Å². The summed E-state index contributed by atoms with van der Waals surface area (Å²) in [6.07, 6.45) is 0. The van der Waals surface area contributed by atoms with Gasteiger partial charge >= 0.3 is 0 Å². The largest absolute Gasteiger partial charge is 0.376 e. The summed E-state index contributed by atoms with van der Waals surface area (Å²) in [7, 11) is 0. The molecular formula is C14H11Br2ClN2O. The van der Waals surface area contributed by atoms with Gasteiger partial charge in [-0.25, -0.2) is 0 Å². The van der Waals surface area contributed by atoms with E-state index in [9.17, 15) is 4.79 Å². The molecule has 0 saturated carbocycles. The number of carbonyl (C=O) groups is 1. The Labute approximate surface area is 139 Å². The van der Waals surface area contributed by atoms with Crippen molar-refractivity contribution in [3.8, 4) is 0 Å². The monoisotopic (exact) mass is 416 g/mol. The lowest BCUT2D eigenvalue weighted by Gasteiger charge is -2.09. The molecule has 2 N–H and O–H groups in total. The second-order valence-corrected chi connectivity index (χ2v) is 6.22. The van der Waals surface area contributed by atoms with Crippen LogP contribution < -0.4 is 10.6 Å². The first kappa shape index (κ1) is 15.4. The van der Waals surface area contributed by atoms with E-state index in [4.69, 9.17) is 11.6 Å². The molecule has 2 rings (SSSR count). The first-order chi connectivity index (χ1) is 9.54. The fourth-order valence-electron chi connectivity index (χ4n) is 1.56. The molecule has 0 heterocycles. The molecule has 3 nitrogen and oxygen atoms in total. The van der Waals surface area contributed by atoms with Gasteiger partial charge in [-0.15, -0.1) is 0 Å². The molecule has 2 aromatic carbocycles. The summed E-state index contributed by atoms with van der Waals surface area (Å²) < 4.78 is 1.74. The molecule has 0 aliphatic rings. The summed E-state index contributed by atoms with van der Waals surface area (Å²) in [6, 6.07) is 12.9. The predicted molar refractivity (Wildman–Crippen MR) is 90.4 cm³/mol. The van der Waals surface area contributed by atoms with Crippen molar-refractivity contribution in [1.29, 1.82) is 0 Å². The number of benzene rings is 2. The fraction of sp³-hybridized carbons (Fsp3) is 0.0714. The Morgan fingerprint density at radius 3 is 2.60 bits per heavy atom. The van der Waals surface area contributed by atoms with Crippen molar-refractivity contribution in [2.45, 2.75) is 0 Å². The minimum Gasteiger partial charge on any atom is -0.376 e. The highest BCUT2D eigenvalue weighted by Gasteiger charge is 2.04. The summed E-state index contributed by atoms with van der Waals surface area (Å²) in [6.45, 7) is 0.171. The average Bonchev–Trinajstić information content (AvgIpc) is 2.40. The van der Waals surface area contributed by atoms with E-state index in [1.54, 1.807) is 6.07 Å². The first-order valence-electron chi connectivity index (χ1n) is 5.79. The van der Waals surface area contributed by atoms with Crippen LogP contribution in [0.3, 0.4) is 0 Å². The molecule has 2 aromatic rings. The molecule has 104 valence electrons. The highest BCUT2D eigenvalue weighted by atomic mass is 79.9. The van der Waals surface area contributed by atoms with Crippen LogP contribution in [0, 0.1) is 0 Å². The molecule has 20 heavy (non-hydrogen) atoms. The van der Waals surface area contributed by atoms with Gasteiger partial charge in [-0.05, 0) is 52.3 Å². The highest BCUT2D eigenvalue weighted by Crippen LogP contribution is 2.25. The van der Waals surface area contributed by atoms with Crippen molar-refractivity contribution in [2.24, 2.45) is 0 Å². The SMILES string of the molecule is O=C(CNc1ccc(Br)c(Cl)c1)Nc1cccc(Br)c1. The van der Waals surface area contributed by atoms with Gasteiger partial charge in [0.2, 0.25) is 5.91 Å². The predicted octanol–water partition coefficient (Wildman–Crippen LogP) is 4.92. The van der Waals surface area contributed by atoms with E-state index in [0.717, 1.165) is 20.3 Å². The lowest BCUT2D eigenvalue weighted by molar-refractivity contribution is -0.114. The second kappa shape index (κ2) is 7.11. The lowest BCUT2D eigenvalue weighted by Crippen LogP contribution is -2.21.